The lowest BCUT2D eigenvalue weighted by atomic mass is 10.2. The largest absolute Gasteiger partial charge is 0.493 e. The molecule has 0 amide bonds. The molecule has 0 N–H and O–H groups in total. The summed E-state index contributed by atoms with van der Waals surface area (Å²) in [5, 5.41) is 0. The minimum Gasteiger partial charge on any atom is -0.493 e. The SMILES string of the molecule is COC/C=C/c1ccc(OC(C)=O)c(OC)c1. The minimum absolute atomic E-state index is 0.369. The summed E-state index contributed by atoms with van der Waals surface area (Å²) in [5.74, 6) is 0.578. The molecule has 0 saturated heterocycles. The van der Waals surface area contributed by atoms with Crippen molar-refractivity contribution in [3.05, 3.63) is 29.8 Å². The molecule has 0 aliphatic rings. The predicted octanol–water partition coefficient (Wildman–Crippen LogP) is 2.28. The van der Waals surface area contributed by atoms with Gasteiger partial charge >= 0.3 is 5.97 Å². The average Bonchev–Trinajstić information content (AvgIpc) is 2.30. The fraction of sp³-hybridized carbons (Fsp3) is 0.308. The van der Waals surface area contributed by atoms with Crippen molar-refractivity contribution in [3.63, 3.8) is 0 Å². The summed E-state index contributed by atoms with van der Waals surface area (Å²) in [6.07, 6.45) is 3.80. The molecule has 0 heterocycles. The molecule has 0 aliphatic heterocycles. The van der Waals surface area contributed by atoms with Crippen molar-refractivity contribution in [2.45, 2.75) is 6.92 Å². The molecule has 17 heavy (non-hydrogen) atoms. The Kier molecular flexibility index (Phi) is 5.23. The molecule has 4 heteroatoms. The zero-order valence-corrected chi connectivity index (χ0v) is 10.2. The van der Waals surface area contributed by atoms with Gasteiger partial charge in [0.2, 0.25) is 0 Å². The maximum atomic E-state index is 10.9. The number of carbonyl (C=O) groups is 1. The van der Waals surface area contributed by atoms with Crippen LogP contribution in [0.3, 0.4) is 0 Å². The highest BCUT2D eigenvalue weighted by Crippen LogP contribution is 2.28. The third kappa shape index (κ3) is 4.28. The summed E-state index contributed by atoms with van der Waals surface area (Å²) in [6.45, 7) is 1.90. The predicted molar refractivity (Wildman–Crippen MR) is 65.2 cm³/mol. The van der Waals surface area contributed by atoms with Gasteiger partial charge in [0.25, 0.3) is 0 Å². The van der Waals surface area contributed by atoms with Gasteiger partial charge in [0, 0.05) is 14.0 Å². The van der Waals surface area contributed by atoms with E-state index in [0.717, 1.165) is 5.56 Å². The van der Waals surface area contributed by atoms with E-state index in [2.05, 4.69) is 0 Å². The first-order valence-electron chi connectivity index (χ1n) is 5.19. The average molecular weight is 236 g/mol. The Morgan fingerprint density at radius 3 is 2.65 bits per heavy atom. The van der Waals surface area contributed by atoms with Gasteiger partial charge in [-0.25, -0.2) is 0 Å². The van der Waals surface area contributed by atoms with E-state index in [1.807, 2.05) is 18.2 Å². The topological polar surface area (TPSA) is 44.8 Å². The van der Waals surface area contributed by atoms with E-state index in [1.54, 1.807) is 19.2 Å². The van der Waals surface area contributed by atoms with E-state index >= 15 is 0 Å². The summed E-state index contributed by atoms with van der Waals surface area (Å²) in [4.78, 5) is 10.9. The van der Waals surface area contributed by atoms with Crippen molar-refractivity contribution in [3.8, 4) is 11.5 Å². The second-order valence-corrected chi connectivity index (χ2v) is 3.36. The fourth-order valence-corrected chi connectivity index (χ4v) is 1.31. The lowest BCUT2D eigenvalue weighted by Crippen LogP contribution is -2.03. The number of benzene rings is 1. The van der Waals surface area contributed by atoms with Crippen LogP contribution in [0.5, 0.6) is 11.5 Å². The second kappa shape index (κ2) is 6.70. The summed E-state index contributed by atoms with van der Waals surface area (Å²) in [6, 6.07) is 5.34. The van der Waals surface area contributed by atoms with E-state index in [9.17, 15) is 4.79 Å². The van der Waals surface area contributed by atoms with Crippen molar-refractivity contribution in [1.29, 1.82) is 0 Å². The van der Waals surface area contributed by atoms with Crippen LogP contribution < -0.4 is 9.47 Å². The molecule has 0 atom stereocenters. The Morgan fingerprint density at radius 1 is 1.29 bits per heavy atom. The highest BCUT2D eigenvalue weighted by molar-refractivity contribution is 5.71. The van der Waals surface area contributed by atoms with Gasteiger partial charge in [0.05, 0.1) is 13.7 Å². The van der Waals surface area contributed by atoms with E-state index < -0.39 is 0 Å². The third-order valence-corrected chi connectivity index (χ3v) is 2.01. The van der Waals surface area contributed by atoms with Crippen molar-refractivity contribution < 1.29 is 19.0 Å². The molecule has 0 spiro atoms. The zero-order chi connectivity index (χ0) is 12.7. The summed E-state index contributed by atoms with van der Waals surface area (Å²) in [5.41, 5.74) is 0.954. The fourth-order valence-electron chi connectivity index (χ4n) is 1.31. The number of hydrogen-bond acceptors (Lipinski definition) is 4. The standard InChI is InChI=1S/C13H16O4/c1-10(14)17-12-7-6-11(5-4-8-15-2)9-13(12)16-3/h4-7,9H,8H2,1-3H3/b5-4+. The van der Waals surface area contributed by atoms with Crippen LogP contribution >= 0.6 is 0 Å². The molecule has 1 aromatic carbocycles. The molecule has 0 unspecified atom stereocenters. The van der Waals surface area contributed by atoms with Crippen LogP contribution in [0.4, 0.5) is 0 Å². The van der Waals surface area contributed by atoms with Crippen LogP contribution in [0, 0.1) is 0 Å². The van der Waals surface area contributed by atoms with Gasteiger partial charge in [-0.15, -0.1) is 0 Å². The number of carbonyl (C=O) groups excluding carboxylic acids is 1. The van der Waals surface area contributed by atoms with Gasteiger partial charge in [-0.1, -0.05) is 18.2 Å². The number of hydrogen-bond donors (Lipinski definition) is 0. The smallest absolute Gasteiger partial charge is 0.308 e. The van der Waals surface area contributed by atoms with Crippen molar-refractivity contribution in [2.75, 3.05) is 20.8 Å². The molecule has 1 aromatic rings. The van der Waals surface area contributed by atoms with Crippen LogP contribution in [-0.4, -0.2) is 26.8 Å². The Morgan fingerprint density at radius 2 is 2.06 bits per heavy atom. The Hall–Kier alpha value is -1.81. The zero-order valence-electron chi connectivity index (χ0n) is 10.2. The minimum atomic E-state index is -0.369. The highest BCUT2D eigenvalue weighted by Gasteiger charge is 2.06. The van der Waals surface area contributed by atoms with Gasteiger partial charge in [-0.05, 0) is 17.7 Å². The second-order valence-electron chi connectivity index (χ2n) is 3.36. The van der Waals surface area contributed by atoms with Gasteiger partial charge < -0.3 is 14.2 Å². The van der Waals surface area contributed by atoms with Crippen LogP contribution in [0.15, 0.2) is 24.3 Å². The lowest BCUT2D eigenvalue weighted by Gasteiger charge is -2.08. The Balaban J connectivity index is 2.88. The molecule has 4 nitrogen and oxygen atoms in total. The van der Waals surface area contributed by atoms with Crippen LogP contribution in [0.25, 0.3) is 6.08 Å². The molecule has 92 valence electrons. The molecule has 0 aliphatic carbocycles. The van der Waals surface area contributed by atoms with E-state index in [1.165, 1.54) is 14.0 Å². The number of esters is 1. The maximum absolute atomic E-state index is 10.9. The van der Waals surface area contributed by atoms with Gasteiger partial charge in [-0.3, -0.25) is 4.79 Å². The van der Waals surface area contributed by atoms with Crippen molar-refractivity contribution >= 4 is 12.0 Å². The Labute approximate surface area is 101 Å². The van der Waals surface area contributed by atoms with Gasteiger partial charge in [-0.2, -0.15) is 0 Å². The number of methoxy groups -OCH3 is 2. The molecule has 0 saturated carbocycles. The lowest BCUT2D eigenvalue weighted by molar-refractivity contribution is -0.132. The summed E-state index contributed by atoms with van der Waals surface area (Å²) >= 11 is 0. The third-order valence-electron chi connectivity index (χ3n) is 2.01. The molecule has 0 aromatic heterocycles. The van der Waals surface area contributed by atoms with E-state index in [0.29, 0.717) is 18.1 Å². The Bertz CT molecular complexity index is 410. The number of rotatable bonds is 5. The van der Waals surface area contributed by atoms with Crippen LogP contribution in [0.2, 0.25) is 0 Å². The molecule has 0 fully saturated rings. The first-order chi connectivity index (χ1) is 8.17. The van der Waals surface area contributed by atoms with Crippen molar-refractivity contribution in [2.24, 2.45) is 0 Å². The first-order valence-corrected chi connectivity index (χ1v) is 5.19. The van der Waals surface area contributed by atoms with E-state index in [-0.39, 0.29) is 5.97 Å². The molecule has 1 rings (SSSR count). The summed E-state index contributed by atoms with van der Waals surface area (Å²) in [7, 11) is 3.17. The van der Waals surface area contributed by atoms with Crippen LogP contribution in [-0.2, 0) is 9.53 Å². The molecular formula is C13H16O4. The summed E-state index contributed by atoms with van der Waals surface area (Å²) < 4.78 is 15.1. The van der Waals surface area contributed by atoms with Crippen LogP contribution in [0.1, 0.15) is 12.5 Å². The maximum Gasteiger partial charge on any atom is 0.308 e. The van der Waals surface area contributed by atoms with Crippen molar-refractivity contribution in [1.82, 2.24) is 0 Å². The monoisotopic (exact) mass is 236 g/mol. The quantitative estimate of drug-likeness (QED) is 0.581. The first kappa shape index (κ1) is 13.3. The van der Waals surface area contributed by atoms with E-state index in [4.69, 9.17) is 14.2 Å². The van der Waals surface area contributed by atoms with Gasteiger partial charge in [0.1, 0.15) is 0 Å². The highest BCUT2D eigenvalue weighted by atomic mass is 16.6. The normalized spacial score (nSPS) is 10.5. The number of ether oxygens (including phenoxy) is 3. The molecule has 0 radical (unpaired) electrons. The van der Waals surface area contributed by atoms with Gasteiger partial charge in [0.15, 0.2) is 11.5 Å². The molecular weight excluding hydrogens is 220 g/mol. The molecule has 0 bridgehead atoms.